The van der Waals surface area contributed by atoms with Gasteiger partial charge in [0.25, 0.3) is 5.60 Å². The molecule has 1 aromatic heterocycles. The summed E-state index contributed by atoms with van der Waals surface area (Å²) in [6.45, 7) is -0.193. The molecular weight excluding hydrogens is 543 g/mol. The number of ketones is 1. The number of carbonyl (C=O) groups is 1. The number of para-hydroxylation sites is 2. The topological polar surface area (TPSA) is 128 Å². The Morgan fingerprint density at radius 1 is 1.05 bits per heavy atom. The summed E-state index contributed by atoms with van der Waals surface area (Å²) < 4.78 is 11.4. The fourth-order valence-electron chi connectivity index (χ4n) is 3.50. The smallest absolute Gasteiger partial charge is 0.311 e. The van der Waals surface area contributed by atoms with Crippen molar-refractivity contribution in [3.63, 3.8) is 0 Å². The number of carbonyl (C=O) groups excluding carboxylic acids is 1. The molecule has 186 valence electrons. The van der Waals surface area contributed by atoms with E-state index in [-0.39, 0.29) is 40.3 Å². The third-order valence-electron chi connectivity index (χ3n) is 5.25. The molecule has 1 atom stereocenters. The van der Waals surface area contributed by atoms with Crippen molar-refractivity contribution >= 4 is 57.3 Å². The molecule has 0 radical (unpaired) electrons. The Balaban J connectivity index is 1.64. The lowest BCUT2D eigenvalue weighted by atomic mass is 9.88. The first kappa shape index (κ1) is 26.1. The zero-order valence-corrected chi connectivity index (χ0v) is 21.0. The molecular formula is C25H15Cl3N4O5. The van der Waals surface area contributed by atoms with Gasteiger partial charge >= 0.3 is 5.69 Å². The number of aromatic nitrogens is 2. The highest BCUT2D eigenvalue weighted by atomic mass is 35.5. The third-order valence-corrected chi connectivity index (χ3v) is 6.03. The number of benzene rings is 3. The number of halogens is 3. The van der Waals surface area contributed by atoms with Crippen LogP contribution in [0.15, 0.2) is 66.9 Å². The molecule has 0 aliphatic heterocycles. The van der Waals surface area contributed by atoms with Crippen molar-refractivity contribution < 1.29 is 19.2 Å². The maximum atomic E-state index is 13.5. The van der Waals surface area contributed by atoms with Gasteiger partial charge in [0.2, 0.25) is 5.88 Å². The molecule has 9 nitrogen and oxygen atoms in total. The van der Waals surface area contributed by atoms with E-state index < -0.39 is 22.0 Å². The number of Topliss-reactive ketones (excluding diaryl/α,β-unsaturated/α-hetero) is 1. The number of hydrogen-bond donors (Lipinski definition) is 0. The van der Waals surface area contributed by atoms with E-state index in [4.69, 9.17) is 44.3 Å². The van der Waals surface area contributed by atoms with Gasteiger partial charge in [-0.25, -0.2) is 9.97 Å². The van der Waals surface area contributed by atoms with Crippen LogP contribution in [-0.4, -0.2) is 27.3 Å². The summed E-state index contributed by atoms with van der Waals surface area (Å²) in [5, 5.41) is 22.5. The predicted molar refractivity (Wildman–Crippen MR) is 137 cm³/mol. The summed E-state index contributed by atoms with van der Waals surface area (Å²) in [4.78, 5) is 32.9. The average molecular weight is 558 g/mol. The molecule has 0 saturated carbocycles. The standard InChI is InChI=1S/C25H15Cl3N4O5/c26-15-5-7-17(18(28)11-15)25(14-29,37-22-4-2-1-3-21(22)32(34)35)23(33)9-10-36-24-13-30-20-12-16(27)6-8-19(20)31-24/h1-8,11-13H,9-10H2. The molecule has 1 heterocycles. The number of fused-ring (bicyclic) bond motifs is 1. The van der Waals surface area contributed by atoms with Gasteiger partial charge in [0.05, 0.1) is 33.8 Å². The van der Waals surface area contributed by atoms with Gasteiger partial charge in [-0.3, -0.25) is 14.9 Å². The van der Waals surface area contributed by atoms with Crippen molar-refractivity contribution in [1.82, 2.24) is 9.97 Å². The number of ether oxygens (including phenoxy) is 2. The van der Waals surface area contributed by atoms with Crippen LogP contribution in [0.3, 0.4) is 0 Å². The second-order valence-corrected chi connectivity index (χ2v) is 8.89. The van der Waals surface area contributed by atoms with Gasteiger partial charge in [0.15, 0.2) is 11.5 Å². The lowest BCUT2D eigenvalue weighted by molar-refractivity contribution is -0.386. The average Bonchev–Trinajstić information content (AvgIpc) is 2.87. The van der Waals surface area contributed by atoms with Gasteiger partial charge in [-0.05, 0) is 36.4 Å². The summed E-state index contributed by atoms with van der Waals surface area (Å²) in [6, 6.07) is 16.4. The van der Waals surface area contributed by atoms with Crippen LogP contribution in [0.5, 0.6) is 11.6 Å². The van der Waals surface area contributed by atoms with Gasteiger partial charge in [0.1, 0.15) is 6.07 Å². The number of nitro benzene ring substituents is 1. The number of rotatable bonds is 9. The van der Waals surface area contributed by atoms with E-state index in [0.29, 0.717) is 16.1 Å². The molecule has 0 N–H and O–H groups in total. The van der Waals surface area contributed by atoms with E-state index in [2.05, 4.69) is 9.97 Å². The van der Waals surface area contributed by atoms with Crippen LogP contribution >= 0.6 is 34.8 Å². The van der Waals surface area contributed by atoms with Gasteiger partial charge < -0.3 is 9.47 Å². The van der Waals surface area contributed by atoms with Gasteiger partial charge in [0, 0.05) is 28.1 Å². The molecule has 0 aliphatic rings. The van der Waals surface area contributed by atoms with Gasteiger partial charge in [-0.15, -0.1) is 0 Å². The van der Waals surface area contributed by atoms with E-state index >= 15 is 0 Å². The minimum Gasteiger partial charge on any atom is -0.476 e. The summed E-state index contributed by atoms with van der Waals surface area (Å²) >= 11 is 18.3. The van der Waals surface area contributed by atoms with Crippen molar-refractivity contribution in [2.24, 2.45) is 0 Å². The Morgan fingerprint density at radius 2 is 1.78 bits per heavy atom. The highest BCUT2D eigenvalue weighted by Crippen LogP contribution is 2.39. The summed E-state index contributed by atoms with van der Waals surface area (Å²) in [5.41, 5.74) is -1.68. The molecule has 1 unspecified atom stereocenters. The van der Waals surface area contributed by atoms with E-state index in [9.17, 15) is 20.2 Å². The summed E-state index contributed by atoms with van der Waals surface area (Å²) in [5.74, 6) is -0.888. The predicted octanol–water partition coefficient (Wildman–Crippen LogP) is 6.33. The van der Waals surface area contributed by atoms with Crippen molar-refractivity contribution in [2.45, 2.75) is 12.0 Å². The highest BCUT2D eigenvalue weighted by Gasteiger charge is 2.45. The van der Waals surface area contributed by atoms with Crippen molar-refractivity contribution in [1.29, 1.82) is 5.26 Å². The van der Waals surface area contributed by atoms with Crippen LogP contribution in [0.2, 0.25) is 15.1 Å². The van der Waals surface area contributed by atoms with Crippen LogP contribution in [0.25, 0.3) is 11.0 Å². The van der Waals surface area contributed by atoms with Crippen LogP contribution in [0.1, 0.15) is 12.0 Å². The largest absolute Gasteiger partial charge is 0.476 e. The highest BCUT2D eigenvalue weighted by molar-refractivity contribution is 6.35. The number of nitrogens with zero attached hydrogens (tertiary/aromatic N) is 4. The molecule has 3 aromatic carbocycles. The fraction of sp³-hybridized carbons (Fsp3) is 0.120. The molecule has 0 fully saturated rings. The Morgan fingerprint density at radius 3 is 2.51 bits per heavy atom. The number of nitro groups is 1. The lowest BCUT2D eigenvalue weighted by Gasteiger charge is -2.27. The fourth-order valence-corrected chi connectivity index (χ4v) is 4.21. The minimum atomic E-state index is -2.33. The van der Waals surface area contributed by atoms with Crippen molar-refractivity contribution in [2.75, 3.05) is 6.61 Å². The second kappa shape index (κ2) is 11.0. The maximum Gasteiger partial charge on any atom is 0.311 e. The normalized spacial score (nSPS) is 12.4. The van der Waals surface area contributed by atoms with Crippen molar-refractivity contribution in [3.05, 3.63) is 97.6 Å². The first-order valence-electron chi connectivity index (χ1n) is 10.6. The minimum absolute atomic E-state index is 0.0217. The molecule has 12 heteroatoms. The number of nitriles is 1. The van der Waals surface area contributed by atoms with E-state index in [1.807, 2.05) is 6.07 Å². The van der Waals surface area contributed by atoms with Crippen LogP contribution < -0.4 is 9.47 Å². The van der Waals surface area contributed by atoms with E-state index in [1.165, 1.54) is 48.7 Å². The zero-order valence-electron chi connectivity index (χ0n) is 18.7. The maximum absolute atomic E-state index is 13.5. The Bertz CT molecular complexity index is 1560. The first-order chi connectivity index (χ1) is 17.7. The molecule has 0 saturated heterocycles. The first-order valence-corrected chi connectivity index (χ1v) is 11.7. The molecule has 4 aromatic rings. The van der Waals surface area contributed by atoms with Crippen molar-refractivity contribution in [3.8, 4) is 17.7 Å². The number of hydrogen-bond acceptors (Lipinski definition) is 8. The van der Waals surface area contributed by atoms with Crippen LogP contribution in [0.4, 0.5) is 5.69 Å². The van der Waals surface area contributed by atoms with Crippen LogP contribution in [-0.2, 0) is 10.4 Å². The van der Waals surface area contributed by atoms with E-state index in [0.717, 1.165) is 0 Å². The third kappa shape index (κ3) is 5.57. The molecule has 37 heavy (non-hydrogen) atoms. The molecule has 0 bridgehead atoms. The summed E-state index contributed by atoms with van der Waals surface area (Å²) in [7, 11) is 0. The lowest BCUT2D eigenvalue weighted by Crippen LogP contribution is -2.41. The molecule has 0 amide bonds. The quantitative estimate of drug-likeness (QED) is 0.172. The van der Waals surface area contributed by atoms with E-state index in [1.54, 1.807) is 18.2 Å². The monoisotopic (exact) mass is 556 g/mol. The Hall–Kier alpha value is -3.97. The zero-order chi connectivity index (χ0) is 26.6. The Kier molecular flexibility index (Phi) is 7.74. The van der Waals surface area contributed by atoms with Crippen LogP contribution in [0, 0.1) is 21.4 Å². The molecule has 0 spiro atoms. The summed E-state index contributed by atoms with van der Waals surface area (Å²) in [6.07, 6.45) is 1.05. The van der Waals surface area contributed by atoms with Gasteiger partial charge in [-0.1, -0.05) is 53.0 Å². The SMILES string of the molecule is N#CC(Oc1ccccc1[N+](=O)[O-])(C(=O)CCOc1cnc2cc(Cl)ccc2n1)c1ccc(Cl)cc1Cl. The van der Waals surface area contributed by atoms with Gasteiger partial charge in [-0.2, -0.15) is 5.26 Å². The second-order valence-electron chi connectivity index (χ2n) is 7.61. The Labute approximate surface area is 225 Å². The molecule has 0 aliphatic carbocycles. The molecule has 4 rings (SSSR count).